The Kier molecular flexibility index (Phi) is 2.74. The molecule has 3 heteroatoms. The molecule has 0 bridgehead atoms. The zero-order valence-electron chi connectivity index (χ0n) is 8.17. The molecule has 1 heterocycles. The van der Waals surface area contributed by atoms with Crippen molar-refractivity contribution in [1.29, 1.82) is 0 Å². The van der Waals surface area contributed by atoms with Crippen LogP contribution in [0.25, 0.3) is 12.2 Å². The summed E-state index contributed by atoms with van der Waals surface area (Å²) < 4.78 is 0. The fraction of sp³-hybridized carbons (Fsp3) is 0. The first kappa shape index (κ1) is 9.40. The third-order valence-corrected chi connectivity index (χ3v) is 2.02. The van der Waals surface area contributed by atoms with Gasteiger partial charge in [-0.05, 0) is 29.8 Å². The average molecular weight is 197 g/mol. The SMILES string of the molecule is Nc1ccccc1C=Cc1cccnn1. The van der Waals surface area contributed by atoms with Crippen LogP contribution in [-0.4, -0.2) is 10.2 Å². The number of hydrogen-bond acceptors (Lipinski definition) is 3. The third-order valence-electron chi connectivity index (χ3n) is 2.02. The van der Waals surface area contributed by atoms with Crippen molar-refractivity contribution in [3.8, 4) is 0 Å². The summed E-state index contributed by atoms with van der Waals surface area (Å²) >= 11 is 0. The van der Waals surface area contributed by atoms with Gasteiger partial charge in [-0.3, -0.25) is 0 Å². The minimum absolute atomic E-state index is 0.762. The highest BCUT2D eigenvalue weighted by Crippen LogP contribution is 2.13. The minimum Gasteiger partial charge on any atom is -0.398 e. The van der Waals surface area contributed by atoms with E-state index in [4.69, 9.17) is 5.73 Å². The topological polar surface area (TPSA) is 51.8 Å². The maximum absolute atomic E-state index is 5.80. The molecule has 2 rings (SSSR count). The Morgan fingerprint density at radius 3 is 2.60 bits per heavy atom. The normalized spacial score (nSPS) is 10.7. The van der Waals surface area contributed by atoms with E-state index >= 15 is 0 Å². The van der Waals surface area contributed by atoms with Gasteiger partial charge in [-0.15, -0.1) is 0 Å². The highest BCUT2D eigenvalue weighted by atomic mass is 15.1. The fourth-order valence-corrected chi connectivity index (χ4v) is 1.24. The second-order valence-corrected chi connectivity index (χ2v) is 3.11. The Bertz CT molecular complexity index is 463. The summed E-state index contributed by atoms with van der Waals surface area (Å²) in [6.45, 7) is 0. The van der Waals surface area contributed by atoms with Crippen LogP contribution in [0.4, 0.5) is 5.69 Å². The number of aromatic nitrogens is 2. The predicted octanol–water partition coefficient (Wildman–Crippen LogP) is 2.23. The molecule has 1 aromatic heterocycles. The van der Waals surface area contributed by atoms with Gasteiger partial charge < -0.3 is 5.73 Å². The van der Waals surface area contributed by atoms with E-state index in [0.717, 1.165) is 16.9 Å². The molecule has 0 aliphatic rings. The summed E-state index contributed by atoms with van der Waals surface area (Å²) in [5.41, 5.74) is 8.37. The third kappa shape index (κ3) is 2.40. The zero-order valence-corrected chi connectivity index (χ0v) is 8.17. The van der Waals surface area contributed by atoms with E-state index in [2.05, 4.69) is 10.2 Å². The summed E-state index contributed by atoms with van der Waals surface area (Å²) in [6, 6.07) is 11.4. The van der Waals surface area contributed by atoms with E-state index in [-0.39, 0.29) is 0 Å². The van der Waals surface area contributed by atoms with Gasteiger partial charge in [0.1, 0.15) is 0 Å². The number of anilines is 1. The van der Waals surface area contributed by atoms with Gasteiger partial charge in [0.2, 0.25) is 0 Å². The Morgan fingerprint density at radius 2 is 1.87 bits per heavy atom. The number of benzene rings is 1. The lowest BCUT2D eigenvalue weighted by Crippen LogP contribution is -1.87. The summed E-state index contributed by atoms with van der Waals surface area (Å²) in [6.07, 6.45) is 5.46. The Hall–Kier alpha value is -2.16. The summed E-state index contributed by atoms with van der Waals surface area (Å²) in [4.78, 5) is 0. The number of para-hydroxylation sites is 1. The monoisotopic (exact) mass is 197 g/mol. The Balaban J connectivity index is 2.23. The molecule has 0 saturated heterocycles. The highest BCUT2D eigenvalue weighted by molar-refractivity contribution is 5.74. The van der Waals surface area contributed by atoms with E-state index in [9.17, 15) is 0 Å². The molecule has 0 aliphatic heterocycles. The van der Waals surface area contributed by atoms with Crippen molar-refractivity contribution in [2.45, 2.75) is 0 Å². The number of rotatable bonds is 2. The molecule has 0 spiro atoms. The van der Waals surface area contributed by atoms with E-state index in [1.165, 1.54) is 0 Å². The van der Waals surface area contributed by atoms with Crippen LogP contribution >= 0.6 is 0 Å². The van der Waals surface area contributed by atoms with Crippen molar-refractivity contribution < 1.29 is 0 Å². The molecule has 2 N–H and O–H groups in total. The fourth-order valence-electron chi connectivity index (χ4n) is 1.24. The van der Waals surface area contributed by atoms with Gasteiger partial charge in [0.05, 0.1) is 5.69 Å². The second kappa shape index (κ2) is 4.37. The zero-order chi connectivity index (χ0) is 10.5. The predicted molar refractivity (Wildman–Crippen MR) is 61.8 cm³/mol. The van der Waals surface area contributed by atoms with E-state index in [1.807, 2.05) is 48.6 Å². The summed E-state index contributed by atoms with van der Waals surface area (Å²) in [5, 5.41) is 7.73. The molecule has 1 aromatic carbocycles. The van der Waals surface area contributed by atoms with Gasteiger partial charge >= 0.3 is 0 Å². The first-order valence-electron chi connectivity index (χ1n) is 4.66. The molecule has 0 fully saturated rings. The van der Waals surface area contributed by atoms with E-state index < -0.39 is 0 Å². The first-order valence-corrected chi connectivity index (χ1v) is 4.66. The lowest BCUT2D eigenvalue weighted by Gasteiger charge is -1.97. The van der Waals surface area contributed by atoms with Crippen LogP contribution in [-0.2, 0) is 0 Å². The molecule has 0 unspecified atom stereocenters. The largest absolute Gasteiger partial charge is 0.398 e. The van der Waals surface area contributed by atoms with Crippen LogP contribution < -0.4 is 5.73 Å². The van der Waals surface area contributed by atoms with Crippen molar-refractivity contribution in [2.75, 3.05) is 5.73 Å². The van der Waals surface area contributed by atoms with Gasteiger partial charge in [0.15, 0.2) is 0 Å². The smallest absolute Gasteiger partial charge is 0.0857 e. The maximum Gasteiger partial charge on any atom is 0.0857 e. The van der Waals surface area contributed by atoms with Gasteiger partial charge in [-0.2, -0.15) is 10.2 Å². The maximum atomic E-state index is 5.80. The van der Waals surface area contributed by atoms with Crippen molar-refractivity contribution >= 4 is 17.8 Å². The van der Waals surface area contributed by atoms with Gasteiger partial charge in [0, 0.05) is 11.9 Å². The van der Waals surface area contributed by atoms with Crippen LogP contribution in [0, 0.1) is 0 Å². The van der Waals surface area contributed by atoms with Crippen LogP contribution in [0.15, 0.2) is 42.6 Å². The second-order valence-electron chi connectivity index (χ2n) is 3.11. The molecular formula is C12H11N3. The van der Waals surface area contributed by atoms with Crippen LogP contribution in [0.1, 0.15) is 11.3 Å². The highest BCUT2D eigenvalue weighted by Gasteiger charge is 1.92. The molecule has 0 aliphatic carbocycles. The van der Waals surface area contributed by atoms with Crippen molar-refractivity contribution in [2.24, 2.45) is 0 Å². The molecule has 2 aromatic rings. The molecular weight excluding hydrogens is 186 g/mol. The molecule has 0 radical (unpaired) electrons. The molecule has 0 amide bonds. The van der Waals surface area contributed by atoms with E-state index in [1.54, 1.807) is 6.20 Å². The minimum atomic E-state index is 0.762. The Labute approximate surface area is 88.3 Å². The van der Waals surface area contributed by atoms with E-state index in [0.29, 0.717) is 0 Å². The lowest BCUT2D eigenvalue weighted by molar-refractivity contribution is 1.02. The van der Waals surface area contributed by atoms with Crippen molar-refractivity contribution in [1.82, 2.24) is 10.2 Å². The molecule has 15 heavy (non-hydrogen) atoms. The van der Waals surface area contributed by atoms with Gasteiger partial charge in [-0.25, -0.2) is 0 Å². The molecule has 0 saturated carbocycles. The molecule has 3 nitrogen and oxygen atoms in total. The summed E-state index contributed by atoms with van der Waals surface area (Å²) in [5.74, 6) is 0. The van der Waals surface area contributed by atoms with Crippen molar-refractivity contribution in [3.05, 3.63) is 53.9 Å². The number of hydrogen-bond donors (Lipinski definition) is 1. The number of nitrogens with zero attached hydrogens (tertiary/aromatic N) is 2. The standard InChI is InChI=1S/C12H11N3/c13-12-6-2-1-4-10(12)7-8-11-5-3-9-14-15-11/h1-9H,13H2. The first-order chi connectivity index (χ1) is 7.36. The summed E-state index contributed by atoms with van der Waals surface area (Å²) in [7, 11) is 0. The lowest BCUT2D eigenvalue weighted by atomic mass is 10.1. The van der Waals surface area contributed by atoms with Gasteiger partial charge in [-0.1, -0.05) is 24.3 Å². The van der Waals surface area contributed by atoms with Crippen LogP contribution in [0.2, 0.25) is 0 Å². The van der Waals surface area contributed by atoms with Crippen LogP contribution in [0.5, 0.6) is 0 Å². The molecule has 74 valence electrons. The average Bonchev–Trinajstić information content (AvgIpc) is 2.29. The quantitative estimate of drug-likeness (QED) is 0.751. The number of nitrogen functional groups attached to an aromatic ring is 1. The number of nitrogens with two attached hydrogens (primary N) is 1. The van der Waals surface area contributed by atoms with Gasteiger partial charge in [0.25, 0.3) is 0 Å². The Morgan fingerprint density at radius 1 is 1.00 bits per heavy atom. The van der Waals surface area contributed by atoms with Crippen LogP contribution in [0.3, 0.4) is 0 Å². The van der Waals surface area contributed by atoms with Crippen molar-refractivity contribution in [3.63, 3.8) is 0 Å². The molecule has 0 atom stereocenters.